The Morgan fingerprint density at radius 2 is 1.67 bits per heavy atom. The lowest BCUT2D eigenvalue weighted by Crippen LogP contribution is -2.49. The highest BCUT2D eigenvalue weighted by molar-refractivity contribution is 5.85. The average molecular weight is 317 g/mol. The van der Waals surface area contributed by atoms with Crippen LogP contribution in [-0.4, -0.2) is 53.0 Å². The lowest BCUT2D eigenvalue weighted by atomic mass is 9.79. The van der Waals surface area contributed by atoms with Crippen LogP contribution in [0.5, 0.6) is 11.5 Å². The Hall–Kier alpha value is -1.01. The van der Waals surface area contributed by atoms with Crippen LogP contribution < -0.4 is 5.32 Å². The third-order valence-electron chi connectivity index (χ3n) is 3.91. The van der Waals surface area contributed by atoms with E-state index in [1.54, 1.807) is 12.1 Å². The number of hydrogen-bond acceptors (Lipinski definition) is 5. The van der Waals surface area contributed by atoms with Gasteiger partial charge in [-0.25, -0.2) is 0 Å². The van der Waals surface area contributed by atoms with Crippen LogP contribution in [-0.2, 0) is 0 Å². The fraction of sp³-hybridized carbons (Fsp3) is 0.600. The number of phenolic OH excluding ortho intramolecular Hbond substituents is 2. The van der Waals surface area contributed by atoms with Crippen molar-refractivity contribution in [3.63, 3.8) is 0 Å². The Morgan fingerprint density at radius 3 is 2.14 bits per heavy atom. The van der Waals surface area contributed by atoms with Crippen molar-refractivity contribution in [2.75, 3.05) is 32.8 Å². The van der Waals surface area contributed by atoms with Gasteiger partial charge in [-0.05, 0) is 17.7 Å². The van der Waals surface area contributed by atoms with Crippen molar-refractivity contribution in [1.82, 2.24) is 10.2 Å². The second-order valence-electron chi connectivity index (χ2n) is 6.12. The first kappa shape index (κ1) is 18.0. The third kappa shape index (κ3) is 4.23. The SMILES string of the molecule is CC(C)(CO)[C@H](c1cc(O)cc(O)c1)N1CCNCC1.Cl. The minimum atomic E-state index is -0.364. The summed E-state index contributed by atoms with van der Waals surface area (Å²) in [6.07, 6.45) is 0. The summed E-state index contributed by atoms with van der Waals surface area (Å²) in [7, 11) is 0. The van der Waals surface area contributed by atoms with Crippen molar-refractivity contribution < 1.29 is 15.3 Å². The third-order valence-corrected chi connectivity index (χ3v) is 3.91. The second-order valence-corrected chi connectivity index (χ2v) is 6.12. The molecule has 1 saturated heterocycles. The van der Waals surface area contributed by atoms with Gasteiger partial charge in [0.25, 0.3) is 0 Å². The zero-order valence-corrected chi connectivity index (χ0v) is 13.4. The van der Waals surface area contributed by atoms with Gasteiger partial charge in [0, 0.05) is 50.3 Å². The molecule has 1 aliphatic rings. The van der Waals surface area contributed by atoms with Crippen LogP contribution in [0.15, 0.2) is 18.2 Å². The number of aliphatic hydroxyl groups excluding tert-OH is 1. The van der Waals surface area contributed by atoms with Crippen molar-refractivity contribution in [3.8, 4) is 11.5 Å². The number of benzene rings is 1. The zero-order valence-electron chi connectivity index (χ0n) is 12.5. The maximum absolute atomic E-state index is 9.73. The molecule has 5 nitrogen and oxygen atoms in total. The molecule has 0 aliphatic carbocycles. The van der Waals surface area contributed by atoms with E-state index >= 15 is 0 Å². The molecule has 1 aromatic carbocycles. The summed E-state index contributed by atoms with van der Waals surface area (Å²) in [4.78, 5) is 2.29. The van der Waals surface area contributed by atoms with Crippen molar-refractivity contribution >= 4 is 12.4 Å². The molecule has 0 spiro atoms. The molecule has 120 valence electrons. The van der Waals surface area contributed by atoms with Crippen LogP contribution in [0.25, 0.3) is 0 Å². The Morgan fingerprint density at radius 1 is 1.14 bits per heavy atom. The van der Waals surface area contributed by atoms with E-state index in [-0.39, 0.29) is 42.0 Å². The van der Waals surface area contributed by atoms with Gasteiger partial charge in [0.1, 0.15) is 11.5 Å². The predicted molar refractivity (Wildman–Crippen MR) is 85.1 cm³/mol. The summed E-state index contributed by atoms with van der Waals surface area (Å²) in [5.41, 5.74) is 0.473. The fourth-order valence-corrected chi connectivity index (χ4v) is 2.96. The van der Waals surface area contributed by atoms with Crippen LogP contribution in [0.2, 0.25) is 0 Å². The molecular formula is C15H25ClN2O3. The molecule has 1 aliphatic heterocycles. The summed E-state index contributed by atoms with van der Waals surface area (Å²) in [5, 5.41) is 32.5. The lowest BCUT2D eigenvalue weighted by Gasteiger charge is -2.43. The van der Waals surface area contributed by atoms with Gasteiger partial charge in [0.2, 0.25) is 0 Å². The van der Waals surface area contributed by atoms with E-state index in [0.29, 0.717) is 0 Å². The summed E-state index contributed by atoms with van der Waals surface area (Å²) in [5.74, 6) is 0.0998. The Bertz CT molecular complexity index is 442. The van der Waals surface area contributed by atoms with E-state index in [0.717, 1.165) is 31.7 Å². The van der Waals surface area contributed by atoms with Crippen LogP contribution in [0.4, 0.5) is 0 Å². The topological polar surface area (TPSA) is 76.0 Å². The van der Waals surface area contributed by atoms with Gasteiger partial charge in [-0.15, -0.1) is 12.4 Å². The summed E-state index contributed by atoms with van der Waals surface area (Å²) < 4.78 is 0. The summed E-state index contributed by atoms with van der Waals surface area (Å²) in [6.45, 7) is 7.61. The number of aliphatic hydroxyl groups is 1. The van der Waals surface area contributed by atoms with Crippen LogP contribution in [0, 0.1) is 5.41 Å². The summed E-state index contributed by atoms with van der Waals surface area (Å²) in [6, 6.07) is 4.62. The van der Waals surface area contributed by atoms with Gasteiger partial charge in [-0.1, -0.05) is 13.8 Å². The molecule has 0 saturated carbocycles. The van der Waals surface area contributed by atoms with E-state index in [9.17, 15) is 15.3 Å². The van der Waals surface area contributed by atoms with Crippen LogP contribution in [0.1, 0.15) is 25.5 Å². The Labute approximate surface area is 132 Å². The first-order valence-corrected chi connectivity index (χ1v) is 7.02. The van der Waals surface area contributed by atoms with Gasteiger partial charge in [-0.3, -0.25) is 4.90 Å². The van der Waals surface area contributed by atoms with Gasteiger partial charge in [-0.2, -0.15) is 0 Å². The molecule has 0 unspecified atom stereocenters. The molecule has 1 fully saturated rings. The number of halogens is 1. The molecule has 0 amide bonds. The predicted octanol–water partition coefficient (Wildman–Crippen LogP) is 1.48. The molecular weight excluding hydrogens is 292 g/mol. The maximum Gasteiger partial charge on any atom is 0.119 e. The van der Waals surface area contributed by atoms with Crippen molar-refractivity contribution in [1.29, 1.82) is 0 Å². The van der Waals surface area contributed by atoms with E-state index in [1.807, 2.05) is 13.8 Å². The molecule has 2 rings (SSSR count). The Balaban J connectivity index is 0.00000220. The molecule has 1 heterocycles. The average Bonchev–Trinajstić information content (AvgIpc) is 2.39. The summed E-state index contributed by atoms with van der Waals surface area (Å²) >= 11 is 0. The Kier molecular flexibility index (Phi) is 6.28. The first-order chi connectivity index (χ1) is 9.44. The minimum Gasteiger partial charge on any atom is -0.508 e. The monoisotopic (exact) mass is 316 g/mol. The van der Waals surface area contributed by atoms with Gasteiger partial charge in [0.05, 0.1) is 0 Å². The van der Waals surface area contributed by atoms with Gasteiger partial charge >= 0.3 is 0 Å². The van der Waals surface area contributed by atoms with Crippen LogP contribution >= 0.6 is 12.4 Å². The molecule has 1 atom stereocenters. The number of nitrogens with one attached hydrogen (secondary N) is 1. The standard InChI is InChI=1S/C15H24N2O3.ClH/c1-15(2,10-18)14(17-5-3-16-4-6-17)11-7-12(19)9-13(20)8-11;/h7-9,14,16,18-20H,3-6,10H2,1-2H3;1H/t14-;/m0./s1. The van der Waals surface area contributed by atoms with Crippen LogP contribution in [0.3, 0.4) is 0 Å². The highest BCUT2D eigenvalue weighted by Gasteiger charge is 2.36. The van der Waals surface area contributed by atoms with E-state index < -0.39 is 0 Å². The molecule has 0 radical (unpaired) electrons. The molecule has 0 aromatic heterocycles. The van der Waals surface area contributed by atoms with Crippen molar-refractivity contribution in [2.24, 2.45) is 5.41 Å². The van der Waals surface area contributed by atoms with E-state index in [4.69, 9.17) is 0 Å². The number of piperazine rings is 1. The quantitative estimate of drug-likeness (QED) is 0.677. The number of nitrogens with zero attached hydrogens (tertiary/aromatic N) is 1. The largest absolute Gasteiger partial charge is 0.508 e. The minimum absolute atomic E-state index is 0. The fourth-order valence-electron chi connectivity index (χ4n) is 2.96. The highest BCUT2D eigenvalue weighted by atomic mass is 35.5. The normalized spacial score (nSPS) is 18.0. The molecule has 1 aromatic rings. The van der Waals surface area contributed by atoms with Gasteiger partial charge < -0.3 is 20.6 Å². The highest BCUT2D eigenvalue weighted by Crippen LogP contribution is 2.40. The van der Waals surface area contributed by atoms with E-state index in [2.05, 4.69) is 10.2 Å². The number of aromatic hydroxyl groups is 2. The smallest absolute Gasteiger partial charge is 0.119 e. The molecule has 6 heteroatoms. The number of phenols is 2. The first-order valence-electron chi connectivity index (χ1n) is 7.02. The van der Waals surface area contributed by atoms with Gasteiger partial charge in [0.15, 0.2) is 0 Å². The molecule has 21 heavy (non-hydrogen) atoms. The van der Waals surface area contributed by atoms with Crippen molar-refractivity contribution in [2.45, 2.75) is 19.9 Å². The zero-order chi connectivity index (χ0) is 14.8. The molecule has 4 N–H and O–H groups in total. The number of rotatable bonds is 4. The maximum atomic E-state index is 9.73. The molecule has 0 bridgehead atoms. The second kappa shape index (κ2) is 7.31. The lowest BCUT2D eigenvalue weighted by molar-refractivity contribution is 0.0303. The van der Waals surface area contributed by atoms with E-state index in [1.165, 1.54) is 6.07 Å². The number of hydrogen-bond donors (Lipinski definition) is 4. The van der Waals surface area contributed by atoms with Crippen molar-refractivity contribution in [3.05, 3.63) is 23.8 Å².